The number of hydrogen-bond acceptors (Lipinski definition) is 6. The fourth-order valence-corrected chi connectivity index (χ4v) is 7.99. The SMILES string of the molecule is CC1=CC(=O)C2=C(C[C@@H]3C(=CC[C@@H]4C(=O)N(C5CCN(Cc6ccccc6)CC5)C(=O)[C@@H]43)[C@@H]2c2ccc(O)cc2)C1=O. The first-order valence-corrected chi connectivity index (χ1v) is 14.9. The van der Waals surface area contributed by atoms with Crippen molar-refractivity contribution in [2.24, 2.45) is 17.8 Å². The summed E-state index contributed by atoms with van der Waals surface area (Å²) in [6.07, 6.45) is 5.69. The number of benzene rings is 2. The molecule has 42 heavy (non-hydrogen) atoms. The van der Waals surface area contributed by atoms with Crippen LogP contribution in [0.5, 0.6) is 5.75 Å². The smallest absolute Gasteiger partial charge is 0.233 e. The molecule has 0 aromatic heterocycles. The van der Waals surface area contributed by atoms with E-state index in [9.17, 15) is 24.3 Å². The van der Waals surface area contributed by atoms with E-state index in [2.05, 4.69) is 17.0 Å². The van der Waals surface area contributed by atoms with E-state index in [4.69, 9.17) is 0 Å². The van der Waals surface area contributed by atoms with Crippen molar-refractivity contribution in [1.29, 1.82) is 0 Å². The number of carbonyl (C=O) groups is 4. The van der Waals surface area contributed by atoms with Crippen molar-refractivity contribution in [2.45, 2.75) is 51.1 Å². The Hall–Kier alpha value is -4.10. The van der Waals surface area contributed by atoms with Crippen molar-refractivity contribution in [2.75, 3.05) is 13.1 Å². The highest BCUT2D eigenvalue weighted by molar-refractivity contribution is 6.23. The third kappa shape index (κ3) is 4.29. The van der Waals surface area contributed by atoms with E-state index in [0.29, 0.717) is 23.1 Å². The normalized spacial score (nSPS) is 28.4. The quantitative estimate of drug-likeness (QED) is 0.335. The zero-order chi connectivity index (χ0) is 29.1. The second kappa shape index (κ2) is 10.3. The Labute approximate surface area is 245 Å². The summed E-state index contributed by atoms with van der Waals surface area (Å²) in [6.45, 7) is 4.15. The number of phenols is 1. The largest absolute Gasteiger partial charge is 0.508 e. The number of hydrogen-bond donors (Lipinski definition) is 1. The summed E-state index contributed by atoms with van der Waals surface area (Å²) in [5, 5.41) is 9.93. The number of piperidine rings is 1. The second-order valence-corrected chi connectivity index (χ2v) is 12.4. The van der Waals surface area contributed by atoms with Crippen molar-refractivity contribution < 1.29 is 24.3 Å². The van der Waals surface area contributed by atoms with Crippen LogP contribution in [0.25, 0.3) is 0 Å². The number of allylic oxidation sites excluding steroid dienone is 6. The van der Waals surface area contributed by atoms with Crippen molar-refractivity contribution in [1.82, 2.24) is 9.80 Å². The Kier molecular flexibility index (Phi) is 6.58. The number of ketones is 2. The highest BCUT2D eigenvalue weighted by atomic mass is 16.3. The van der Waals surface area contributed by atoms with Crippen LogP contribution in [0.3, 0.4) is 0 Å². The Balaban J connectivity index is 1.17. The third-order valence-corrected chi connectivity index (χ3v) is 9.99. The number of rotatable bonds is 4. The van der Waals surface area contributed by atoms with Crippen LogP contribution in [-0.2, 0) is 25.7 Å². The standard InChI is InChI=1S/C35H34N2O5/c1-20-17-29(39)32-28(33(20)40)18-27-25(30(32)22-7-9-24(38)10-8-22)11-12-26-31(27)35(42)37(34(26)41)23-13-15-36(16-14-23)19-21-5-3-2-4-6-21/h2-11,17,23,26-27,30-31,38H,12-16,18-19H2,1H3/t26-,27+,30-,31-/m0/s1. The monoisotopic (exact) mass is 562 g/mol. The third-order valence-electron chi connectivity index (χ3n) is 9.99. The number of Topliss-reactive ketones (excluding diaryl/α,β-unsaturated/α-hetero) is 1. The Morgan fingerprint density at radius 3 is 2.31 bits per heavy atom. The van der Waals surface area contributed by atoms with Gasteiger partial charge in [-0.1, -0.05) is 54.1 Å². The second-order valence-electron chi connectivity index (χ2n) is 12.4. The fraction of sp³-hybridized carbons (Fsp3) is 0.371. The summed E-state index contributed by atoms with van der Waals surface area (Å²) in [4.78, 5) is 58.7. The highest BCUT2D eigenvalue weighted by Crippen LogP contribution is 2.55. The molecule has 0 radical (unpaired) electrons. The van der Waals surface area contributed by atoms with Gasteiger partial charge in [-0.25, -0.2) is 0 Å². The topological polar surface area (TPSA) is 95.0 Å². The van der Waals surface area contributed by atoms with E-state index in [1.807, 2.05) is 24.3 Å². The summed E-state index contributed by atoms with van der Waals surface area (Å²) in [5.41, 5.74) is 4.33. The zero-order valence-corrected chi connectivity index (χ0v) is 23.7. The lowest BCUT2D eigenvalue weighted by atomic mass is 9.59. The Morgan fingerprint density at radius 1 is 0.881 bits per heavy atom. The van der Waals surface area contributed by atoms with Gasteiger partial charge in [-0.15, -0.1) is 0 Å². The molecule has 1 N–H and O–H groups in total. The first kappa shape index (κ1) is 26.8. The molecule has 2 aromatic carbocycles. The van der Waals surface area contributed by atoms with Crippen LogP contribution in [0.1, 0.15) is 49.7 Å². The summed E-state index contributed by atoms with van der Waals surface area (Å²) < 4.78 is 0. The molecule has 3 aliphatic carbocycles. The summed E-state index contributed by atoms with van der Waals surface area (Å²) in [7, 11) is 0. The van der Waals surface area contributed by atoms with Gasteiger partial charge in [0.05, 0.1) is 11.8 Å². The van der Waals surface area contributed by atoms with Crippen LogP contribution in [-0.4, -0.2) is 57.4 Å². The van der Waals surface area contributed by atoms with Gasteiger partial charge in [0, 0.05) is 48.3 Å². The molecule has 2 aromatic rings. The molecule has 214 valence electrons. The van der Waals surface area contributed by atoms with Crippen LogP contribution in [0, 0.1) is 17.8 Å². The van der Waals surface area contributed by atoms with Gasteiger partial charge in [0.25, 0.3) is 0 Å². The summed E-state index contributed by atoms with van der Waals surface area (Å²) in [6, 6.07) is 16.9. The van der Waals surface area contributed by atoms with Gasteiger partial charge >= 0.3 is 0 Å². The van der Waals surface area contributed by atoms with Gasteiger partial charge in [0.2, 0.25) is 11.8 Å². The number of fused-ring (bicyclic) bond motifs is 3. The molecule has 2 aliphatic heterocycles. The molecule has 2 saturated heterocycles. The molecule has 7 nitrogen and oxygen atoms in total. The number of imide groups is 1. The highest BCUT2D eigenvalue weighted by Gasteiger charge is 2.57. The maximum atomic E-state index is 14.2. The number of nitrogens with zero attached hydrogens (tertiary/aromatic N) is 2. The number of likely N-dealkylation sites (tertiary alicyclic amines) is 2. The molecule has 7 heteroatoms. The van der Waals surface area contributed by atoms with Crippen LogP contribution < -0.4 is 0 Å². The molecule has 2 heterocycles. The first-order chi connectivity index (χ1) is 20.3. The van der Waals surface area contributed by atoms with Gasteiger partial charge in [-0.2, -0.15) is 0 Å². The molecule has 2 amide bonds. The molecule has 0 spiro atoms. The summed E-state index contributed by atoms with van der Waals surface area (Å²) >= 11 is 0. The summed E-state index contributed by atoms with van der Waals surface area (Å²) in [5.74, 6) is -2.25. The van der Waals surface area contributed by atoms with E-state index < -0.39 is 17.8 Å². The Bertz CT molecular complexity index is 1580. The molecule has 0 saturated carbocycles. The first-order valence-electron chi connectivity index (χ1n) is 14.9. The van der Waals surface area contributed by atoms with Gasteiger partial charge in [0.15, 0.2) is 11.6 Å². The van der Waals surface area contributed by atoms with Gasteiger partial charge in [-0.05, 0) is 67.9 Å². The van der Waals surface area contributed by atoms with E-state index in [1.165, 1.54) is 11.6 Å². The average Bonchev–Trinajstić information content (AvgIpc) is 3.26. The minimum Gasteiger partial charge on any atom is -0.508 e. The predicted octanol–water partition coefficient (Wildman–Crippen LogP) is 4.49. The van der Waals surface area contributed by atoms with Crippen LogP contribution in [0.2, 0.25) is 0 Å². The molecular weight excluding hydrogens is 528 g/mol. The van der Waals surface area contributed by atoms with Crippen LogP contribution in [0.15, 0.2) is 89.0 Å². The molecule has 7 rings (SSSR count). The van der Waals surface area contributed by atoms with Crippen molar-refractivity contribution in [3.05, 3.63) is 100 Å². The molecule has 0 bridgehead atoms. The lowest BCUT2D eigenvalue weighted by molar-refractivity contribution is -0.144. The molecule has 5 aliphatic rings. The molecule has 2 fully saturated rings. The maximum Gasteiger partial charge on any atom is 0.233 e. The minimum absolute atomic E-state index is 0.0927. The molecular formula is C35H34N2O5. The van der Waals surface area contributed by atoms with E-state index in [1.54, 1.807) is 36.1 Å². The van der Waals surface area contributed by atoms with Crippen molar-refractivity contribution in [3.63, 3.8) is 0 Å². The lowest BCUT2D eigenvalue weighted by Gasteiger charge is -2.42. The van der Waals surface area contributed by atoms with E-state index in [-0.39, 0.29) is 47.5 Å². The van der Waals surface area contributed by atoms with Gasteiger partial charge in [0.1, 0.15) is 5.75 Å². The number of aromatic hydroxyl groups is 1. The molecule has 0 unspecified atom stereocenters. The molecule has 4 atom stereocenters. The van der Waals surface area contributed by atoms with Crippen LogP contribution in [0.4, 0.5) is 0 Å². The number of phenolic OH excluding ortho intramolecular Hbond substituents is 1. The Morgan fingerprint density at radius 2 is 1.60 bits per heavy atom. The zero-order valence-electron chi connectivity index (χ0n) is 23.7. The van der Waals surface area contributed by atoms with Crippen molar-refractivity contribution >= 4 is 23.4 Å². The fourth-order valence-electron chi connectivity index (χ4n) is 7.99. The number of amides is 2. The van der Waals surface area contributed by atoms with Crippen LogP contribution >= 0.6 is 0 Å². The van der Waals surface area contributed by atoms with Gasteiger partial charge < -0.3 is 5.11 Å². The van der Waals surface area contributed by atoms with E-state index >= 15 is 0 Å². The van der Waals surface area contributed by atoms with Gasteiger partial charge in [-0.3, -0.25) is 29.0 Å². The van der Waals surface area contributed by atoms with Crippen molar-refractivity contribution in [3.8, 4) is 5.75 Å². The maximum absolute atomic E-state index is 14.2. The number of carbonyl (C=O) groups excluding carboxylic acids is 4. The minimum atomic E-state index is -0.539. The lowest BCUT2D eigenvalue weighted by Crippen LogP contribution is -2.47. The average molecular weight is 563 g/mol. The predicted molar refractivity (Wildman–Crippen MR) is 156 cm³/mol. The van der Waals surface area contributed by atoms with E-state index in [0.717, 1.165) is 43.6 Å².